The van der Waals surface area contributed by atoms with Crippen molar-refractivity contribution in [2.45, 2.75) is 17.7 Å². The van der Waals surface area contributed by atoms with E-state index in [1.807, 2.05) is 0 Å². The highest BCUT2D eigenvalue weighted by atomic mass is 32.2. The van der Waals surface area contributed by atoms with E-state index >= 15 is 0 Å². The summed E-state index contributed by atoms with van der Waals surface area (Å²) in [4.78, 5) is 13.8. The van der Waals surface area contributed by atoms with Gasteiger partial charge in [-0.1, -0.05) is 24.4 Å². The minimum atomic E-state index is -3.71. The van der Waals surface area contributed by atoms with Gasteiger partial charge in [-0.3, -0.25) is 4.79 Å². The van der Waals surface area contributed by atoms with Gasteiger partial charge in [0, 0.05) is 18.7 Å². The van der Waals surface area contributed by atoms with Crippen molar-refractivity contribution in [3.63, 3.8) is 0 Å². The van der Waals surface area contributed by atoms with Gasteiger partial charge in [-0.25, -0.2) is 13.1 Å². The number of carbonyl (C=O) groups is 1. The van der Waals surface area contributed by atoms with Crippen LogP contribution >= 0.6 is 12.2 Å². The van der Waals surface area contributed by atoms with Crippen molar-refractivity contribution in [2.24, 2.45) is 5.73 Å². The topological polar surface area (TPSA) is 92.5 Å². The van der Waals surface area contributed by atoms with E-state index in [9.17, 15) is 13.2 Å². The molecule has 114 valence electrons. The van der Waals surface area contributed by atoms with Gasteiger partial charge in [-0.05, 0) is 25.0 Å². The van der Waals surface area contributed by atoms with Gasteiger partial charge in [0.05, 0.1) is 11.4 Å². The molecule has 21 heavy (non-hydrogen) atoms. The first-order chi connectivity index (χ1) is 9.90. The van der Waals surface area contributed by atoms with Gasteiger partial charge in [0.2, 0.25) is 15.9 Å². The summed E-state index contributed by atoms with van der Waals surface area (Å²) >= 11 is 4.81. The summed E-state index contributed by atoms with van der Waals surface area (Å²) in [6.07, 6.45) is 1.94. The molecule has 1 aliphatic rings. The molecule has 0 bridgehead atoms. The number of carbonyl (C=O) groups excluding carboxylic acids is 1. The average molecular weight is 327 g/mol. The smallest absolute Gasteiger partial charge is 0.241 e. The number of benzene rings is 1. The number of sulfonamides is 1. The van der Waals surface area contributed by atoms with Gasteiger partial charge >= 0.3 is 0 Å². The van der Waals surface area contributed by atoms with E-state index < -0.39 is 10.0 Å². The van der Waals surface area contributed by atoms with Crippen LogP contribution in [0.2, 0.25) is 0 Å². The highest BCUT2D eigenvalue weighted by molar-refractivity contribution is 7.89. The SMILES string of the molecule is NC(=S)c1ccc(S(=O)(=O)NCC(=O)N2CCCC2)cc1. The Hall–Kier alpha value is -1.51. The van der Waals surface area contributed by atoms with E-state index in [2.05, 4.69) is 4.72 Å². The lowest BCUT2D eigenvalue weighted by atomic mass is 10.2. The fourth-order valence-corrected chi connectivity index (χ4v) is 3.23. The Morgan fingerprint density at radius 2 is 1.81 bits per heavy atom. The van der Waals surface area contributed by atoms with Crippen LogP contribution in [0.1, 0.15) is 18.4 Å². The molecule has 2 rings (SSSR count). The van der Waals surface area contributed by atoms with Crippen LogP contribution in [0, 0.1) is 0 Å². The summed E-state index contributed by atoms with van der Waals surface area (Å²) in [5, 5.41) is 0. The van der Waals surface area contributed by atoms with Crippen LogP contribution in [-0.2, 0) is 14.8 Å². The molecule has 0 unspecified atom stereocenters. The van der Waals surface area contributed by atoms with Crippen LogP contribution in [0.15, 0.2) is 29.2 Å². The first-order valence-electron chi connectivity index (χ1n) is 6.57. The van der Waals surface area contributed by atoms with Crippen LogP contribution < -0.4 is 10.5 Å². The standard InChI is InChI=1S/C13H17N3O3S2/c14-13(20)10-3-5-11(6-4-10)21(18,19)15-9-12(17)16-7-1-2-8-16/h3-6,15H,1-2,7-9H2,(H2,14,20). The quantitative estimate of drug-likeness (QED) is 0.755. The Labute approximate surface area is 129 Å². The zero-order valence-electron chi connectivity index (χ0n) is 11.4. The third-order valence-corrected chi connectivity index (χ3v) is 4.97. The van der Waals surface area contributed by atoms with Gasteiger partial charge in [0.25, 0.3) is 0 Å². The minimum Gasteiger partial charge on any atom is -0.389 e. The summed E-state index contributed by atoms with van der Waals surface area (Å²) in [5.41, 5.74) is 6.05. The van der Waals surface area contributed by atoms with Crippen LogP contribution in [0.5, 0.6) is 0 Å². The molecule has 0 radical (unpaired) electrons. The molecule has 0 aromatic heterocycles. The van der Waals surface area contributed by atoms with Crippen LogP contribution in [0.3, 0.4) is 0 Å². The molecule has 1 aromatic carbocycles. The Bertz CT molecular complexity index is 635. The van der Waals surface area contributed by atoms with E-state index in [1.165, 1.54) is 12.1 Å². The first kappa shape index (κ1) is 15.9. The van der Waals surface area contributed by atoms with Crippen molar-refractivity contribution < 1.29 is 13.2 Å². The molecule has 0 saturated carbocycles. The largest absolute Gasteiger partial charge is 0.389 e. The van der Waals surface area contributed by atoms with Crippen LogP contribution in [0.4, 0.5) is 0 Å². The average Bonchev–Trinajstić information content (AvgIpc) is 2.99. The summed E-state index contributed by atoms with van der Waals surface area (Å²) < 4.78 is 26.5. The Kier molecular flexibility index (Phi) is 4.92. The Balaban J connectivity index is 2.00. The molecule has 0 atom stereocenters. The highest BCUT2D eigenvalue weighted by Crippen LogP contribution is 2.11. The second-order valence-electron chi connectivity index (χ2n) is 4.80. The highest BCUT2D eigenvalue weighted by Gasteiger charge is 2.21. The number of rotatable bonds is 5. The van der Waals surface area contributed by atoms with Gasteiger partial charge in [-0.2, -0.15) is 0 Å². The van der Waals surface area contributed by atoms with E-state index in [1.54, 1.807) is 17.0 Å². The van der Waals surface area contributed by atoms with Crippen molar-refractivity contribution >= 4 is 33.1 Å². The number of hydrogen-bond acceptors (Lipinski definition) is 4. The molecule has 1 aliphatic heterocycles. The second-order valence-corrected chi connectivity index (χ2v) is 7.01. The summed E-state index contributed by atoms with van der Waals surface area (Å²) in [6.45, 7) is 1.17. The number of hydrogen-bond donors (Lipinski definition) is 2. The van der Waals surface area contributed by atoms with Gasteiger partial charge in [-0.15, -0.1) is 0 Å². The fraction of sp³-hybridized carbons (Fsp3) is 0.385. The molecule has 8 heteroatoms. The number of thiocarbonyl (C=S) groups is 1. The molecule has 3 N–H and O–H groups in total. The van der Waals surface area contributed by atoms with Crippen molar-refractivity contribution in [1.29, 1.82) is 0 Å². The fourth-order valence-electron chi connectivity index (χ4n) is 2.12. The van der Waals surface area contributed by atoms with E-state index in [0.717, 1.165) is 12.8 Å². The molecule has 1 aromatic rings. The van der Waals surface area contributed by atoms with Crippen molar-refractivity contribution in [3.05, 3.63) is 29.8 Å². The van der Waals surface area contributed by atoms with Crippen molar-refractivity contribution in [1.82, 2.24) is 9.62 Å². The van der Waals surface area contributed by atoms with E-state index in [4.69, 9.17) is 18.0 Å². The lowest BCUT2D eigenvalue weighted by molar-refractivity contribution is -0.128. The molecule has 6 nitrogen and oxygen atoms in total. The zero-order chi connectivity index (χ0) is 15.5. The lowest BCUT2D eigenvalue weighted by Crippen LogP contribution is -2.38. The Morgan fingerprint density at radius 1 is 1.24 bits per heavy atom. The lowest BCUT2D eigenvalue weighted by Gasteiger charge is -2.15. The number of likely N-dealkylation sites (tertiary alicyclic amines) is 1. The van der Waals surface area contributed by atoms with Crippen LogP contribution in [-0.4, -0.2) is 43.8 Å². The maximum atomic E-state index is 12.1. The molecular weight excluding hydrogens is 310 g/mol. The number of nitrogens with zero attached hydrogens (tertiary/aromatic N) is 1. The molecule has 0 aliphatic carbocycles. The third kappa shape index (κ3) is 3.99. The maximum Gasteiger partial charge on any atom is 0.241 e. The monoisotopic (exact) mass is 327 g/mol. The predicted molar refractivity (Wildman–Crippen MR) is 83.3 cm³/mol. The van der Waals surface area contributed by atoms with E-state index in [0.29, 0.717) is 18.7 Å². The first-order valence-corrected chi connectivity index (χ1v) is 8.46. The number of amides is 1. The molecule has 1 heterocycles. The summed E-state index contributed by atoms with van der Waals surface area (Å²) in [7, 11) is -3.71. The van der Waals surface area contributed by atoms with E-state index in [-0.39, 0.29) is 22.3 Å². The zero-order valence-corrected chi connectivity index (χ0v) is 13.0. The van der Waals surface area contributed by atoms with Crippen LogP contribution in [0.25, 0.3) is 0 Å². The third-order valence-electron chi connectivity index (χ3n) is 3.32. The molecule has 1 saturated heterocycles. The van der Waals surface area contributed by atoms with Gasteiger partial charge < -0.3 is 10.6 Å². The molecule has 1 fully saturated rings. The molecule has 0 spiro atoms. The van der Waals surface area contributed by atoms with Gasteiger partial charge in [0.1, 0.15) is 4.99 Å². The second kappa shape index (κ2) is 6.50. The number of nitrogens with one attached hydrogen (secondary N) is 1. The van der Waals surface area contributed by atoms with Crippen molar-refractivity contribution in [2.75, 3.05) is 19.6 Å². The minimum absolute atomic E-state index is 0.0803. The Morgan fingerprint density at radius 3 is 2.33 bits per heavy atom. The molecular formula is C13H17N3O3S2. The summed E-state index contributed by atoms with van der Waals surface area (Å²) in [6, 6.07) is 5.91. The number of nitrogens with two attached hydrogens (primary N) is 1. The van der Waals surface area contributed by atoms with Gasteiger partial charge in [0.15, 0.2) is 0 Å². The van der Waals surface area contributed by atoms with Crippen molar-refractivity contribution in [3.8, 4) is 0 Å². The normalized spacial score (nSPS) is 15.1. The predicted octanol–water partition coefficient (Wildman–Crippen LogP) is 0.222. The summed E-state index contributed by atoms with van der Waals surface area (Å²) in [5.74, 6) is -0.198. The molecule has 1 amide bonds. The maximum absolute atomic E-state index is 12.1.